The quantitative estimate of drug-likeness (QED) is 0.451. The number of benzene rings is 2. The molecule has 0 spiro atoms. The van der Waals surface area contributed by atoms with Crippen LogP contribution in [0.15, 0.2) is 47.5 Å². The van der Waals surface area contributed by atoms with Crippen molar-refractivity contribution in [2.24, 2.45) is 4.99 Å². The maximum atomic E-state index is 12.2. The first-order chi connectivity index (χ1) is 10.8. The molecule has 0 saturated heterocycles. The van der Waals surface area contributed by atoms with E-state index >= 15 is 0 Å². The number of halogens is 4. The van der Waals surface area contributed by atoms with Gasteiger partial charge >= 0.3 is 11.1 Å². The van der Waals surface area contributed by atoms with Gasteiger partial charge in [0.25, 0.3) is 0 Å². The van der Waals surface area contributed by atoms with E-state index in [0.717, 1.165) is 0 Å². The Morgan fingerprint density at radius 3 is 2.48 bits per heavy atom. The molecule has 1 amide bonds. The number of carbonyl (C=O) groups is 1. The molecule has 0 saturated carbocycles. The van der Waals surface area contributed by atoms with E-state index in [9.17, 15) is 9.90 Å². The number of hydrogen-bond donors (Lipinski definition) is 1. The van der Waals surface area contributed by atoms with Crippen LogP contribution in [0.25, 0.3) is 0 Å². The van der Waals surface area contributed by atoms with Crippen LogP contribution < -0.4 is 4.42 Å². The van der Waals surface area contributed by atoms with Gasteiger partial charge in [0.2, 0.25) is 0 Å². The van der Waals surface area contributed by atoms with Crippen LogP contribution in [0.5, 0.6) is 0 Å². The summed E-state index contributed by atoms with van der Waals surface area (Å²) in [5.41, 5.74) is 1.40. The van der Waals surface area contributed by atoms with Crippen molar-refractivity contribution in [1.82, 2.24) is 0 Å². The van der Waals surface area contributed by atoms with Crippen LogP contribution in [0, 0.1) is 0 Å². The zero-order valence-corrected chi connectivity index (χ0v) is 14.3. The molecule has 23 heavy (non-hydrogen) atoms. The fourth-order valence-electron chi connectivity index (χ4n) is 2.22. The number of benzodiazepines with no additional fused rings is 1. The molecule has 2 aromatic rings. The van der Waals surface area contributed by atoms with E-state index in [1.807, 2.05) is 0 Å². The van der Waals surface area contributed by atoms with Crippen molar-refractivity contribution in [1.29, 1.82) is 0 Å². The van der Waals surface area contributed by atoms with E-state index in [4.69, 9.17) is 46.6 Å². The maximum Gasteiger partial charge on any atom is 0.318 e. The molecule has 8 heteroatoms. The Labute approximate surface area is 152 Å². The second-order valence-electron chi connectivity index (χ2n) is 4.77. The number of fused-ring (bicyclic) bond motifs is 1. The average molecular weight is 390 g/mol. The zero-order chi connectivity index (χ0) is 16.8. The SMILES string of the molecule is O=C1N(Cl)c2ccc(Cl)cc2C(c2ccccc2Cl)=NC1(O)Cl. The molecule has 1 unspecified atom stereocenters. The van der Waals surface area contributed by atoms with Crippen molar-refractivity contribution < 1.29 is 9.90 Å². The summed E-state index contributed by atoms with van der Waals surface area (Å²) < 4.78 is 0.714. The number of aliphatic hydroxyl groups is 1. The summed E-state index contributed by atoms with van der Waals surface area (Å²) in [6.07, 6.45) is 0. The van der Waals surface area contributed by atoms with Crippen LogP contribution in [-0.2, 0) is 4.79 Å². The number of alkyl halides is 1. The van der Waals surface area contributed by atoms with Crippen molar-refractivity contribution in [3.05, 3.63) is 63.6 Å². The van der Waals surface area contributed by atoms with E-state index in [1.165, 1.54) is 6.07 Å². The van der Waals surface area contributed by atoms with Crippen LogP contribution in [0.3, 0.4) is 0 Å². The molecule has 2 aromatic carbocycles. The second-order valence-corrected chi connectivity index (χ2v) is 6.48. The Morgan fingerprint density at radius 2 is 1.78 bits per heavy atom. The molecule has 0 fully saturated rings. The monoisotopic (exact) mass is 388 g/mol. The molecule has 0 radical (unpaired) electrons. The van der Waals surface area contributed by atoms with Crippen molar-refractivity contribution >= 4 is 63.9 Å². The Hall–Kier alpha value is -1.30. The topological polar surface area (TPSA) is 52.9 Å². The first-order valence-electron chi connectivity index (χ1n) is 6.37. The van der Waals surface area contributed by atoms with Gasteiger partial charge in [0, 0.05) is 32.9 Å². The van der Waals surface area contributed by atoms with E-state index in [0.29, 0.717) is 25.6 Å². The Bertz CT molecular complexity index is 836. The molecular weight excluding hydrogens is 382 g/mol. The van der Waals surface area contributed by atoms with E-state index in [-0.39, 0.29) is 11.4 Å². The summed E-state index contributed by atoms with van der Waals surface area (Å²) in [5, 5.41) is 8.41. The van der Waals surface area contributed by atoms with E-state index in [2.05, 4.69) is 4.99 Å². The Kier molecular flexibility index (Phi) is 4.29. The summed E-state index contributed by atoms with van der Waals surface area (Å²) in [7, 11) is 0. The Morgan fingerprint density at radius 1 is 1.09 bits per heavy atom. The molecule has 1 aliphatic rings. The third kappa shape index (κ3) is 2.93. The molecule has 1 N–H and O–H groups in total. The lowest BCUT2D eigenvalue weighted by Crippen LogP contribution is -2.39. The number of carbonyl (C=O) groups excluding carboxylic acids is 1. The fourth-order valence-corrected chi connectivity index (χ4v) is 3.09. The van der Waals surface area contributed by atoms with Gasteiger partial charge in [-0.05, 0) is 24.3 Å². The summed E-state index contributed by atoms with van der Waals surface area (Å²) in [4.78, 5) is 16.2. The normalized spacial score (nSPS) is 20.8. The predicted octanol–water partition coefficient (Wildman–Crippen LogP) is 4.22. The van der Waals surface area contributed by atoms with Gasteiger partial charge in [-0.15, -0.1) is 0 Å². The molecule has 1 heterocycles. The number of nitrogens with zero attached hydrogens (tertiary/aromatic N) is 2. The second kappa shape index (κ2) is 5.96. The van der Waals surface area contributed by atoms with Crippen molar-refractivity contribution in [3.8, 4) is 0 Å². The lowest BCUT2D eigenvalue weighted by atomic mass is 10.0. The largest absolute Gasteiger partial charge is 0.349 e. The molecule has 0 aromatic heterocycles. The summed E-state index contributed by atoms with van der Waals surface area (Å²) >= 11 is 24.1. The maximum absolute atomic E-state index is 12.2. The summed E-state index contributed by atoms with van der Waals surface area (Å²) in [6.45, 7) is 0. The van der Waals surface area contributed by atoms with Gasteiger partial charge in [-0.2, -0.15) is 0 Å². The van der Waals surface area contributed by atoms with Crippen LogP contribution in [0.2, 0.25) is 10.0 Å². The van der Waals surface area contributed by atoms with Crippen molar-refractivity contribution in [2.75, 3.05) is 4.42 Å². The third-order valence-corrected chi connectivity index (χ3v) is 4.41. The van der Waals surface area contributed by atoms with Gasteiger partial charge in [0.15, 0.2) is 0 Å². The van der Waals surface area contributed by atoms with Gasteiger partial charge in [0.05, 0.1) is 11.4 Å². The Balaban J connectivity index is 2.36. The average Bonchev–Trinajstić information content (AvgIpc) is 2.58. The molecule has 0 bridgehead atoms. The molecule has 0 aliphatic carbocycles. The highest BCUT2D eigenvalue weighted by atomic mass is 35.5. The van der Waals surface area contributed by atoms with Gasteiger partial charge in [-0.25, -0.2) is 9.41 Å². The molecule has 118 valence electrons. The lowest BCUT2D eigenvalue weighted by Gasteiger charge is -2.18. The highest BCUT2D eigenvalue weighted by molar-refractivity contribution is 6.48. The smallest absolute Gasteiger partial charge is 0.318 e. The van der Waals surface area contributed by atoms with Crippen LogP contribution in [0.4, 0.5) is 5.69 Å². The zero-order valence-electron chi connectivity index (χ0n) is 11.3. The van der Waals surface area contributed by atoms with E-state index < -0.39 is 11.1 Å². The molecule has 4 nitrogen and oxygen atoms in total. The minimum absolute atomic E-state index is 0.210. The molecular formula is C15H8Cl4N2O2. The standard InChI is InChI=1S/C15H8Cl4N2O2/c16-8-5-6-12-10(7-8)13(9-3-1-2-4-11(9)17)20-15(18,23)14(22)21(12)19/h1-7,23H. The van der Waals surface area contributed by atoms with Gasteiger partial charge < -0.3 is 5.11 Å². The van der Waals surface area contributed by atoms with Crippen LogP contribution in [0.1, 0.15) is 11.1 Å². The van der Waals surface area contributed by atoms with E-state index in [1.54, 1.807) is 36.4 Å². The minimum atomic E-state index is -2.55. The van der Waals surface area contributed by atoms with Crippen LogP contribution in [-0.4, -0.2) is 21.9 Å². The number of amides is 1. The van der Waals surface area contributed by atoms with Crippen molar-refractivity contribution in [2.45, 2.75) is 5.18 Å². The summed E-state index contributed by atoms with van der Waals surface area (Å²) in [6, 6.07) is 11.5. The summed E-state index contributed by atoms with van der Waals surface area (Å²) in [5.74, 6) is -0.994. The highest BCUT2D eigenvalue weighted by Gasteiger charge is 2.42. The minimum Gasteiger partial charge on any atom is -0.349 e. The van der Waals surface area contributed by atoms with Crippen molar-refractivity contribution in [3.63, 3.8) is 0 Å². The number of aliphatic imine (C=N–C) groups is 1. The van der Waals surface area contributed by atoms with Gasteiger partial charge in [0.1, 0.15) is 0 Å². The number of hydrogen-bond acceptors (Lipinski definition) is 3. The first-order valence-corrected chi connectivity index (χ1v) is 7.85. The predicted molar refractivity (Wildman–Crippen MR) is 92.7 cm³/mol. The highest BCUT2D eigenvalue weighted by Crippen LogP contribution is 2.36. The number of anilines is 1. The first kappa shape index (κ1) is 16.6. The van der Waals surface area contributed by atoms with Gasteiger partial charge in [-0.3, -0.25) is 4.79 Å². The third-order valence-electron chi connectivity index (χ3n) is 3.26. The molecule has 3 rings (SSSR count). The lowest BCUT2D eigenvalue weighted by molar-refractivity contribution is -0.127. The molecule has 1 atom stereocenters. The van der Waals surface area contributed by atoms with Crippen LogP contribution >= 0.6 is 46.6 Å². The number of rotatable bonds is 1. The fraction of sp³-hybridized carbons (Fsp3) is 0.0667. The molecule has 1 aliphatic heterocycles. The van der Waals surface area contributed by atoms with Gasteiger partial charge in [-0.1, -0.05) is 53.0 Å².